The monoisotopic (exact) mass is 325 g/mol. The Hall–Kier alpha value is -1.40. The van der Waals surface area contributed by atoms with Crippen LogP contribution in [0.2, 0.25) is 5.02 Å². The van der Waals surface area contributed by atoms with Crippen LogP contribution in [0.25, 0.3) is 0 Å². The maximum absolute atomic E-state index is 12.2. The van der Waals surface area contributed by atoms with E-state index in [0.717, 1.165) is 11.1 Å². The summed E-state index contributed by atoms with van der Waals surface area (Å²) in [5.74, 6) is 0. The van der Waals surface area contributed by atoms with Crippen LogP contribution in [0.4, 0.5) is 0 Å². The largest absolute Gasteiger partial charge is 0.392 e. The lowest BCUT2D eigenvalue weighted by atomic mass is 10.1. The van der Waals surface area contributed by atoms with Crippen molar-refractivity contribution in [3.05, 3.63) is 64.2 Å². The number of hydrogen-bond acceptors (Lipinski definition) is 3. The first kappa shape index (κ1) is 16.0. The molecule has 0 fully saturated rings. The molecule has 2 aromatic carbocycles. The van der Waals surface area contributed by atoms with E-state index in [2.05, 4.69) is 4.72 Å². The van der Waals surface area contributed by atoms with Gasteiger partial charge < -0.3 is 5.11 Å². The normalized spacial score (nSPS) is 11.6. The molecule has 0 aliphatic rings. The Morgan fingerprint density at radius 2 is 1.81 bits per heavy atom. The summed E-state index contributed by atoms with van der Waals surface area (Å²) in [5, 5.41) is 9.65. The van der Waals surface area contributed by atoms with E-state index in [1.54, 1.807) is 30.3 Å². The van der Waals surface area contributed by atoms with Gasteiger partial charge in [-0.2, -0.15) is 0 Å². The number of rotatable bonds is 5. The molecule has 0 radical (unpaired) electrons. The van der Waals surface area contributed by atoms with E-state index in [9.17, 15) is 13.5 Å². The molecule has 0 spiro atoms. The van der Waals surface area contributed by atoms with Gasteiger partial charge in [-0.15, -0.1) is 0 Å². The van der Waals surface area contributed by atoms with Gasteiger partial charge in [0.2, 0.25) is 10.0 Å². The highest BCUT2D eigenvalue weighted by atomic mass is 35.5. The lowest BCUT2D eigenvalue weighted by Crippen LogP contribution is -2.23. The molecule has 2 aromatic rings. The Kier molecular flexibility index (Phi) is 5.00. The molecule has 2 N–H and O–H groups in total. The van der Waals surface area contributed by atoms with Crippen molar-refractivity contribution in [2.45, 2.75) is 25.0 Å². The third kappa shape index (κ3) is 3.83. The number of aryl methyl sites for hydroxylation is 1. The fourth-order valence-corrected chi connectivity index (χ4v) is 3.16. The molecule has 6 heteroatoms. The first-order valence-corrected chi connectivity index (χ1v) is 8.23. The van der Waals surface area contributed by atoms with Gasteiger partial charge in [-0.05, 0) is 35.7 Å². The first-order valence-electron chi connectivity index (χ1n) is 6.37. The molecule has 0 aromatic heterocycles. The van der Waals surface area contributed by atoms with Gasteiger partial charge >= 0.3 is 0 Å². The average Bonchev–Trinajstić information content (AvgIpc) is 2.48. The second-order valence-corrected chi connectivity index (χ2v) is 6.84. The second-order valence-electron chi connectivity index (χ2n) is 4.66. The highest BCUT2D eigenvalue weighted by Gasteiger charge is 2.15. The maximum Gasteiger partial charge on any atom is 0.240 e. The van der Waals surface area contributed by atoms with Crippen LogP contribution in [0, 0.1) is 6.92 Å². The smallest absolute Gasteiger partial charge is 0.240 e. The zero-order valence-electron chi connectivity index (χ0n) is 11.5. The Labute approximate surface area is 129 Å². The van der Waals surface area contributed by atoms with E-state index >= 15 is 0 Å². The first-order chi connectivity index (χ1) is 9.94. The zero-order valence-corrected chi connectivity index (χ0v) is 13.1. The molecule has 0 saturated carbocycles. The van der Waals surface area contributed by atoms with Gasteiger partial charge in [-0.1, -0.05) is 41.9 Å². The summed E-state index contributed by atoms with van der Waals surface area (Å²) in [5.41, 5.74) is 2.25. The minimum atomic E-state index is -3.64. The van der Waals surface area contributed by atoms with E-state index in [1.807, 2.05) is 6.92 Å². The molecule has 0 heterocycles. The predicted octanol–water partition coefficient (Wildman–Crippen LogP) is 2.62. The Bertz CT molecular complexity index is 744. The van der Waals surface area contributed by atoms with Crippen LogP contribution >= 0.6 is 11.6 Å². The fraction of sp³-hybridized carbons (Fsp3) is 0.200. The van der Waals surface area contributed by atoms with Crippen molar-refractivity contribution >= 4 is 21.6 Å². The van der Waals surface area contributed by atoms with Crippen LogP contribution < -0.4 is 4.72 Å². The number of nitrogens with one attached hydrogen (secondary N) is 1. The van der Waals surface area contributed by atoms with Crippen molar-refractivity contribution < 1.29 is 13.5 Å². The van der Waals surface area contributed by atoms with Gasteiger partial charge in [-0.3, -0.25) is 0 Å². The SMILES string of the molecule is Cc1ccc(S(=O)(=O)NCc2ccccc2CO)cc1Cl. The van der Waals surface area contributed by atoms with Crippen molar-refractivity contribution in [2.75, 3.05) is 0 Å². The summed E-state index contributed by atoms with van der Waals surface area (Å²) in [6.45, 7) is 1.79. The Morgan fingerprint density at radius 1 is 1.14 bits per heavy atom. The maximum atomic E-state index is 12.2. The molecule has 0 bridgehead atoms. The summed E-state index contributed by atoms with van der Waals surface area (Å²) in [4.78, 5) is 0.125. The molecule has 112 valence electrons. The number of aliphatic hydroxyl groups is 1. The third-order valence-corrected chi connectivity index (χ3v) is 5.00. The van der Waals surface area contributed by atoms with Crippen LogP contribution in [0.5, 0.6) is 0 Å². The van der Waals surface area contributed by atoms with E-state index in [4.69, 9.17) is 11.6 Å². The van der Waals surface area contributed by atoms with Crippen LogP contribution in [-0.2, 0) is 23.2 Å². The van der Waals surface area contributed by atoms with Gasteiger partial charge in [0.1, 0.15) is 0 Å². The molecule has 0 amide bonds. The lowest BCUT2D eigenvalue weighted by molar-refractivity contribution is 0.280. The second kappa shape index (κ2) is 6.58. The number of halogens is 1. The molecule has 4 nitrogen and oxygen atoms in total. The van der Waals surface area contributed by atoms with E-state index in [0.29, 0.717) is 10.6 Å². The van der Waals surface area contributed by atoms with Crippen molar-refractivity contribution in [1.29, 1.82) is 0 Å². The topological polar surface area (TPSA) is 66.4 Å². The van der Waals surface area contributed by atoms with Crippen LogP contribution in [0.3, 0.4) is 0 Å². The Balaban J connectivity index is 2.20. The highest BCUT2D eigenvalue weighted by molar-refractivity contribution is 7.89. The van der Waals surface area contributed by atoms with E-state index < -0.39 is 10.0 Å². The van der Waals surface area contributed by atoms with Gasteiger partial charge in [0.15, 0.2) is 0 Å². The lowest BCUT2D eigenvalue weighted by Gasteiger charge is -2.10. The van der Waals surface area contributed by atoms with Crippen LogP contribution in [0.15, 0.2) is 47.4 Å². The third-order valence-electron chi connectivity index (χ3n) is 3.19. The molecule has 0 aliphatic heterocycles. The van der Waals surface area contributed by atoms with Crippen molar-refractivity contribution in [1.82, 2.24) is 4.72 Å². The van der Waals surface area contributed by atoms with Crippen molar-refractivity contribution in [3.63, 3.8) is 0 Å². The van der Waals surface area contributed by atoms with Crippen molar-refractivity contribution in [3.8, 4) is 0 Å². The number of benzene rings is 2. The molecule has 2 rings (SSSR count). The molecule has 0 saturated heterocycles. The van der Waals surface area contributed by atoms with E-state index in [-0.39, 0.29) is 18.0 Å². The molecule has 0 aliphatic carbocycles. The molecular formula is C15H16ClNO3S. The molecule has 0 unspecified atom stereocenters. The average molecular weight is 326 g/mol. The highest BCUT2D eigenvalue weighted by Crippen LogP contribution is 2.20. The summed E-state index contributed by atoms with van der Waals surface area (Å²) in [6.07, 6.45) is 0. The van der Waals surface area contributed by atoms with Gasteiger partial charge in [0, 0.05) is 11.6 Å². The van der Waals surface area contributed by atoms with Gasteiger partial charge in [0.05, 0.1) is 11.5 Å². The predicted molar refractivity (Wildman–Crippen MR) is 82.6 cm³/mol. The standard InChI is InChI=1S/C15H16ClNO3S/c1-11-6-7-14(8-15(11)16)21(19,20)17-9-12-4-2-3-5-13(12)10-18/h2-8,17-18H,9-10H2,1H3. The molecule has 21 heavy (non-hydrogen) atoms. The van der Waals surface area contributed by atoms with Crippen molar-refractivity contribution in [2.24, 2.45) is 0 Å². The Morgan fingerprint density at radius 3 is 2.43 bits per heavy atom. The fourth-order valence-electron chi connectivity index (χ4n) is 1.88. The minimum Gasteiger partial charge on any atom is -0.392 e. The number of hydrogen-bond donors (Lipinski definition) is 2. The number of aliphatic hydroxyl groups excluding tert-OH is 1. The van der Waals surface area contributed by atoms with Crippen LogP contribution in [-0.4, -0.2) is 13.5 Å². The summed E-state index contributed by atoms with van der Waals surface area (Å²) in [6, 6.07) is 11.7. The molecule has 0 atom stereocenters. The zero-order chi connectivity index (χ0) is 15.5. The molecular weight excluding hydrogens is 310 g/mol. The summed E-state index contributed by atoms with van der Waals surface area (Å²) >= 11 is 5.96. The van der Waals surface area contributed by atoms with Gasteiger partial charge in [-0.25, -0.2) is 13.1 Å². The summed E-state index contributed by atoms with van der Waals surface area (Å²) in [7, 11) is -3.64. The number of sulfonamides is 1. The quantitative estimate of drug-likeness (QED) is 0.888. The minimum absolute atomic E-state index is 0.116. The van der Waals surface area contributed by atoms with Crippen LogP contribution in [0.1, 0.15) is 16.7 Å². The van der Waals surface area contributed by atoms with Gasteiger partial charge in [0.25, 0.3) is 0 Å². The van der Waals surface area contributed by atoms with E-state index in [1.165, 1.54) is 12.1 Å². The summed E-state index contributed by atoms with van der Waals surface area (Å²) < 4.78 is 27.0.